The van der Waals surface area contributed by atoms with Gasteiger partial charge in [-0.2, -0.15) is 4.98 Å². The van der Waals surface area contributed by atoms with E-state index in [2.05, 4.69) is 28.4 Å². The average molecular weight is 286 g/mol. The standard InChI is InChI=1S/C15H18N4O2/c1-3-16-8-12-11-6-4-5-7-13(11)21-14(12)9-20-15-17-10-19(2)18-15/h4-7,10,16H,3,8-9H2,1-2H3. The SMILES string of the molecule is CCNCc1c(COc2ncn(C)n2)oc2ccccc12. The van der Waals surface area contributed by atoms with E-state index in [1.54, 1.807) is 18.1 Å². The number of fused-ring (bicyclic) bond motifs is 1. The van der Waals surface area contributed by atoms with Crippen LogP contribution in [-0.2, 0) is 20.2 Å². The molecule has 3 aromatic rings. The molecule has 2 aromatic heterocycles. The molecule has 0 aliphatic rings. The Bertz CT molecular complexity index is 732. The highest BCUT2D eigenvalue weighted by Crippen LogP contribution is 2.26. The van der Waals surface area contributed by atoms with Gasteiger partial charge in [-0.15, -0.1) is 5.10 Å². The summed E-state index contributed by atoms with van der Waals surface area (Å²) in [6.45, 7) is 4.05. The Labute approximate surface area is 122 Å². The Hall–Kier alpha value is -2.34. The summed E-state index contributed by atoms with van der Waals surface area (Å²) < 4.78 is 13.1. The number of hydrogen-bond donors (Lipinski definition) is 1. The Kier molecular flexibility index (Phi) is 3.87. The van der Waals surface area contributed by atoms with Crippen molar-refractivity contribution in [3.8, 4) is 6.01 Å². The number of ether oxygens (including phenoxy) is 1. The van der Waals surface area contributed by atoms with Crippen LogP contribution < -0.4 is 10.1 Å². The molecule has 2 heterocycles. The van der Waals surface area contributed by atoms with E-state index in [1.165, 1.54) is 0 Å². The minimum absolute atomic E-state index is 0.319. The van der Waals surface area contributed by atoms with Gasteiger partial charge in [0.2, 0.25) is 0 Å². The normalized spacial score (nSPS) is 11.1. The summed E-state index contributed by atoms with van der Waals surface area (Å²) >= 11 is 0. The van der Waals surface area contributed by atoms with Crippen LogP contribution in [-0.4, -0.2) is 21.3 Å². The maximum atomic E-state index is 5.90. The lowest BCUT2D eigenvalue weighted by atomic mass is 10.1. The quantitative estimate of drug-likeness (QED) is 0.753. The molecule has 0 bridgehead atoms. The molecule has 0 amide bonds. The zero-order valence-corrected chi connectivity index (χ0v) is 12.2. The minimum Gasteiger partial charge on any atom is -0.457 e. The molecule has 21 heavy (non-hydrogen) atoms. The number of furan rings is 1. The van der Waals surface area contributed by atoms with Crippen LogP contribution in [0.25, 0.3) is 11.0 Å². The predicted molar refractivity (Wildman–Crippen MR) is 78.9 cm³/mol. The lowest BCUT2D eigenvalue weighted by Crippen LogP contribution is -2.13. The molecule has 110 valence electrons. The molecule has 1 N–H and O–H groups in total. The minimum atomic E-state index is 0.319. The van der Waals surface area contributed by atoms with Crippen molar-refractivity contribution < 1.29 is 9.15 Å². The topological polar surface area (TPSA) is 65.1 Å². The van der Waals surface area contributed by atoms with Crippen molar-refractivity contribution in [3.63, 3.8) is 0 Å². The van der Waals surface area contributed by atoms with E-state index in [0.29, 0.717) is 12.6 Å². The molecule has 0 saturated carbocycles. The fourth-order valence-electron chi connectivity index (χ4n) is 2.23. The highest BCUT2D eigenvalue weighted by atomic mass is 16.5. The van der Waals surface area contributed by atoms with Crippen LogP contribution in [0.4, 0.5) is 0 Å². The van der Waals surface area contributed by atoms with Gasteiger partial charge in [-0.1, -0.05) is 25.1 Å². The first-order valence-electron chi connectivity index (χ1n) is 6.96. The molecule has 6 nitrogen and oxygen atoms in total. The Balaban J connectivity index is 1.85. The van der Waals surface area contributed by atoms with Gasteiger partial charge in [0.05, 0.1) is 0 Å². The predicted octanol–water partition coefficient (Wildman–Crippen LogP) is 2.25. The van der Waals surface area contributed by atoms with Gasteiger partial charge >= 0.3 is 6.01 Å². The molecule has 0 unspecified atom stereocenters. The van der Waals surface area contributed by atoms with E-state index in [0.717, 1.165) is 35.4 Å². The number of benzene rings is 1. The Morgan fingerprint density at radius 1 is 1.33 bits per heavy atom. The van der Waals surface area contributed by atoms with Crippen molar-refractivity contribution in [1.82, 2.24) is 20.1 Å². The van der Waals surface area contributed by atoms with Crippen molar-refractivity contribution in [3.05, 3.63) is 41.9 Å². The maximum Gasteiger partial charge on any atom is 0.335 e. The van der Waals surface area contributed by atoms with Crippen LogP contribution in [0.1, 0.15) is 18.2 Å². The van der Waals surface area contributed by atoms with Gasteiger partial charge in [0.25, 0.3) is 0 Å². The third kappa shape index (κ3) is 2.90. The molecule has 0 aliphatic carbocycles. The molecule has 0 spiro atoms. The van der Waals surface area contributed by atoms with E-state index in [-0.39, 0.29) is 0 Å². The van der Waals surface area contributed by atoms with Gasteiger partial charge in [0.15, 0.2) is 0 Å². The van der Waals surface area contributed by atoms with Crippen molar-refractivity contribution in [2.45, 2.75) is 20.1 Å². The van der Waals surface area contributed by atoms with Crippen LogP contribution in [0.5, 0.6) is 6.01 Å². The third-order valence-electron chi connectivity index (χ3n) is 3.24. The lowest BCUT2D eigenvalue weighted by Gasteiger charge is -2.04. The first-order valence-corrected chi connectivity index (χ1v) is 6.96. The lowest BCUT2D eigenvalue weighted by molar-refractivity contribution is 0.251. The summed E-state index contributed by atoms with van der Waals surface area (Å²) in [5.74, 6) is 0.810. The summed E-state index contributed by atoms with van der Waals surface area (Å²) in [5.41, 5.74) is 2.00. The molecule has 1 aromatic carbocycles. The second-order valence-corrected chi connectivity index (χ2v) is 4.77. The van der Waals surface area contributed by atoms with Crippen molar-refractivity contribution >= 4 is 11.0 Å². The van der Waals surface area contributed by atoms with Crippen molar-refractivity contribution in [1.29, 1.82) is 0 Å². The van der Waals surface area contributed by atoms with Crippen molar-refractivity contribution in [2.24, 2.45) is 7.05 Å². The van der Waals surface area contributed by atoms with E-state index >= 15 is 0 Å². The molecule has 3 rings (SSSR count). The van der Waals surface area contributed by atoms with E-state index < -0.39 is 0 Å². The summed E-state index contributed by atoms with van der Waals surface area (Å²) in [5, 5.41) is 8.55. The van der Waals surface area contributed by atoms with Gasteiger partial charge < -0.3 is 14.5 Å². The number of hydrogen-bond acceptors (Lipinski definition) is 5. The first kappa shape index (κ1) is 13.6. The Morgan fingerprint density at radius 3 is 2.95 bits per heavy atom. The van der Waals surface area contributed by atoms with Crippen molar-refractivity contribution in [2.75, 3.05) is 6.54 Å². The van der Waals surface area contributed by atoms with Crippen LogP contribution >= 0.6 is 0 Å². The number of para-hydroxylation sites is 1. The zero-order valence-electron chi connectivity index (χ0n) is 12.2. The Morgan fingerprint density at radius 2 is 2.19 bits per heavy atom. The highest BCUT2D eigenvalue weighted by Gasteiger charge is 2.14. The summed E-state index contributed by atoms with van der Waals surface area (Å²) in [4.78, 5) is 4.05. The molecule has 0 atom stereocenters. The van der Waals surface area contributed by atoms with E-state index in [9.17, 15) is 0 Å². The largest absolute Gasteiger partial charge is 0.457 e. The zero-order chi connectivity index (χ0) is 14.7. The van der Waals surface area contributed by atoms with Crippen LogP contribution in [0.2, 0.25) is 0 Å². The van der Waals surface area contributed by atoms with E-state index in [4.69, 9.17) is 9.15 Å². The van der Waals surface area contributed by atoms with Gasteiger partial charge in [0.1, 0.15) is 24.3 Å². The molecule has 0 radical (unpaired) electrons. The number of aromatic nitrogens is 3. The van der Waals surface area contributed by atoms with Crippen LogP contribution in [0, 0.1) is 0 Å². The summed E-state index contributed by atoms with van der Waals surface area (Å²) in [6, 6.07) is 8.36. The summed E-state index contributed by atoms with van der Waals surface area (Å²) in [6.07, 6.45) is 1.60. The van der Waals surface area contributed by atoms with Crippen LogP contribution in [0.3, 0.4) is 0 Å². The van der Waals surface area contributed by atoms with Gasteiger partial charge in [0, 0.05) is 24.5 Å². The average Bonchev–Trinajstić information content (AvgIpc) is 3.06. The maximum absolute atomic E-state index is 5.90. The smallest absolute Gasteiger partial charge is 0.335 e. The molecule has 0 saturated heterocycles. The number of nitrogens with one attached hydrogen (secondary N) is 1. The molecular formula is C15H18N4O2. The van der Waals surface area contributed by atoms with Gasteiger partial charge in [-0.05, 0) is 12.6 Å². The fourth-order valence-corrected chi connectivity index (χ4v) is 2.23. The molecular weight excluding hydrogens is 268 g/mol. The second kappa shape index (κ2) is 5.97. The van der Waals surface area contributed by atoms with Gasteiger partial charge in [-0.25, -0.2) is 0 Å². The summed E-state index contributed by atoms with van der Waals surface area (Å²) in [7, 11) is 1.80. The third-order valence-corrected chi connectivity index (χ3v) is 3.24. The van der Waals surface area contributed by atoms with E-state index in [1.807, 2.05) is 18.2 Å². The number of nitrogens with zero attached hydrogens (tertiary/aromatic N) is 3. The molecule has 0 fully saturated rings. The van der Waals surface area contributed by atoms with Crippen LogP contribution in [0.15, 0.2) is 35.0 Å². The monoisotopic (exact) mass is 286 g/mol. The molecule has 6 heteroatoms. The van der Waals surface area contributed by atoms with Gasteiger partial charge in [-0.3, -0.25) is 4.68 Å². The first-order chi connectivity index (χ1) is 10.3. The fraction of sp³-hybridized carbons (Fsp3) is 0.333. The number of aryl methyl sites for hydroxylation is 1. The second-order valence-electron chi connectivity index (χ2n) is 4.77. The highest BCUT2D eigenvalue weighted by molar-refractivity contribution is 5.82. The molecule has 0 aliphatic heterocycles. The number of rotatable bonds is 6.